The average molecular weight is 186 g/mol. The van der Waals surface area contributed by atoms with E-state index in [9.17, 15) is 0 Å². The van der Waals surface area contributed by atoms with Crippen molar-refractivity contribution in [3.8, 4) is 5.75 Å². The molecule has 0 aromatic heterocycles. The molecular formula is C9H12ClNO. The highest BCUT2D eigenvalue weighted by atomic mass is 35.5. The number of rotatable bonds is 3. The zero-order valence-electron chi connectivity index (χ0n) is 7.01. The molecule has 0 bridgehead atoms. The van der Waals surface area contributed by atoms with Crippen molar-refractivity contribution in [2.24, 2.45) is 0 Å². The maximum atomic E-state index is 5.86. The summed E-state index contributed by atoms with van der Waals surface area (Å²) in [6, 6.07) is 5.34. The van der Waals surface area contributed by atoms with Crippen molar-refractivity contribution in [3.63, 3.8) is 0 Å². The fourth-order valence-electron chi connectivity index (χ4n) is 0.882. The maximum absolute atomic E-state index is 5.86. The molecule has 3 heteroatoms. The van der Waals surface area contributed by atoms with E-state index < -0.39 is 0 Å². The number of hydrogen-bond donors (Lipinski definition) is 1. The van der Waals surface area contributed by atoms with Crippen LogP contribution in [0.4, 0.5) is 5.69 Å². The molecule has 66 valence electrons. The van der Waals surface area contributed by atoms with Gasteiger partial charge in [-0.15, -0.1) is 0 Å². The van der Waals surface area contributed by atoms with E-state index in [1.807, 2.05) is 6.92 Å². The van der Waals surface area contributed by atoms with E-state index in [0.29, 0.717) is 23.1 Å². The Kier molecular flexibility index (Phi) is 3.23. The third-order valence-corrected chi connectivity index (χ3v) is 1.75. The standard InChI is InChI=1S/C9H12ClNO/c1-2-6-12-9-7(10)4-3-5-8(9)11/h3-5H,2,6,11H2,1H3. The molecule has 0 aliphatic carbocycles. The highest BCUT2D eigenvalue weighted by molar-refractivity contribution is 6.32. The molecule has 0 atom stereocenters. The molecule has 2 N–H and O–H groups in total. The lowest BCUT2D eigenvalue weighted by atomic mass is 10.3. The molecule has 0 aliphatic rings. The van der Waals surface area contributed by atoms with Crippen LogP contribution in [0.15, 0.2) is 18.2 Å². The van der Waals surface area contributed by atoms with E-state index in [1.165, 1.54) is 0 Å². The van der Waals surface area contributed by atoms with Crippen molar-refractivity contribution in [2.45, 2.75) is 13.3 Å². The van der Waals surface area contributed by atoms with E-state index in [1.54, 1.807) is 18.2 Å². The first-order valence-electron chi connectivity index (χ1n) is 3.92. The van der Waals surface area contributed by atoms with Gasteiger partial charge in [0.15, 0.2) is 5.75 Å². The van der Waals surface area contributed by atoms with E-state index in [2.05, 4.69) is 0 Å². The fraction of sp³-hybridized carbons (Fsp3) is 0.333. The molecule has 1 aromatic rings. The van der Waals surface area contributed by atoms with Gasteiger partial charge in [-0.2, -0.15) is 0 Å². The molecule has 1 rings (SSSR count). The lowest BCUT2D eigenvalue weighted by Gasteiger charge is -2.08. The van der Waals surface area contributed by atoms with E-state index in [4.69, 9.17) is 22.1 Å². The second-order valence-corrected chi connectivity index (χ2v) is 2.91. The van der Waals surface area contributed by atoms with Crippen LogP contribution in [0.1, 0.15) is 13.3 Å². The third-order valence-electron chi connectivity index (χ3n) is 1.45. The first-order valence-corrected chi connectivity index (χ1v) is 4.30. The van der Waals surface area contributed by atoms with Gasteiger partial charge >= 0.3 is 0 Å². The molecule has 0 spiro atoms. The first kappa shape index (κ1) is 9.20. The number of nitrogens with two attached hydrogens (primary N) is 1. The summed E-state index contributed by atoms with van der Waals surface area (Å²) in [4.78, 5) is 0. The lowest BCUT2D eigenvalue weighted by molar-refractivity contribution is 0.319. The van der Waals surface area contributed by atoms with Gasteiger partial charge in [0, 0.05) is 0 Å². The molecule has 0 saturated heterocycles. The quantitative estimate of drug-likeness (QED) is 0.735. The number of benzene rings is 1. The van der Waals surface area contributed by atoms with Crippen LogP contribution in [-0.2, 0) is 0 Å². The Labute approximate surface area is 77.3 Å². The van der Waals surface area contributed by atoms with Crippen molar-refractivity contribution in [3.05, 3.63) is 23.2 Å². The summed E-state index contributed by atoms with van der Waals surface area (Å²) in [5, 5.41) is 0.573. The summed E-state index contributed by atoms with van der Waals surface area (Å²) in [6.45, 7) is 2.68. The van der Waals surface area contributed by atoms with Crippen LogP contribution in [0, 0.1) is 0 Å². The fourth-order valence-corrected chi connectivity index (χ4v) is 1.12. The lowest BCUT2D eigenvalue weighted by Crippen LogP contribution is -1.99. The van der Waals surface area contributed by atoms with Gasteiger partial charge in [-0.05, 0) is 18.6 Å². The molecule has 0 heterocycles. The minimum Gasteiger partial charge on any atom is -0.490 e. The van der Waals surface area contributed by atoms with Crippen LogP contribution in [0.25, 0.3) is 0 Å². The van der Waals surface area contributed by atoms with E-state index in [-0.39, 0.29) is 0 Å². The Hall–Kier alpha value is -0.890. The van der Waals surface area contributed by atoms with Gasteiger partial charge in [0.25, 0.3) is 0 Å². The predicted molar refractivity (Wildman–Crippen MR) is 51.7 cm³/mol. The summed E-state index contributed by atoms with van der Waals surface area (Å²) >= 11 is 5.86. The number of ether oxygens (including phenoxy) is 1. The Morgan fingerprint density at radius 2 is 2.25 bits per heavy atom. The Bertz CT molecular complexity index is 242. The van der Waals surface area contributed by atoms with Gasteiger partial charge in [0.1, 0.15) is 0 Å². The average Bonchev–Trinajstić information content (AvgIpc) is 2.04. The highest BCUT2D eigenvalue weighted by Crippen LogP contribution is 2.30. The number of anilines is 1. The third kappa shape index (κ3) is 2.05. The Morgan fingerprint density at radius 3 is 2.83 bits per heavy atom. The number of halogens is 1. The molecule has 1 aromatic carbocycles. The first-order chi connectivity index (χ1) is 5.75. The molecule has 2 nitrogen and oxygen atoms in total. The topological polar surface area (TPSA) is 35.2 Å². The van der Waals surface area contributed by atoms with Gasteiger partial charge in [0.05, 0.1) is 17.3 Å². The van der Waals surface area contributed by atoms with Gasteiger partial charge < -0.3 is 10.5 Å². The molecule has 0 unspecified atom stereocenters. The van der Waals surface area contributed by atoms with E-state index >= 15 is 0 Å². The minimum atomic E-state index is 0.573. The molecule has 0 amide bonds. The molecule has 0 fully saturated rings. The maximum Gasteiger partial charge on any atom is 0.160 e. The van der Waals surface area contributed by atoms with Crippen LogP contribution < -0.4 is 10.5 Å². The molecule has 0 radical (unpaired) electrons. The summed E-state index contributed by atoms with van der Waals surface area (Å²) in [5.41, 5.74) is 6.25. The zero-order valence-corrected chi connectivity index (χ0v) is 7.77. The summed E-state index contributed by atoms with van der Waals surface area (Å²) in [7, 11) is 0. The van der Waals surface area contributed by atoms with Crippen molar-refractivity contribution in [2.75, 3.05) is 12.3 Å². The SMILES string of the molecule is CCCOc1c(N)cccc1Cl. The summed E-state index contributed by atoms with van der Waals surface area (Å²) < 4.78 is 5.36. The van der Waals surface area contributed by atoms with Gasteiger partial charge in [-0.1, -0.05) is 24.6 Å². The van der Waals surface area contributed by atoms with Gasteiger partial charge in [-0.25, -0.2) is 0 Å². The number of hydrogen-bond acceptors (Lipinski definition) is 2. The molecule has 12 heavy (non-hydrogen) atoms. The zero-order chi connectivity index (χ0) is 8.97. The summed E-state index contributed by atoms with van der Waals surface area (Å²) in [5.74, 6) is 0.598. The molecule has 0 aliphatic heterocycles. The highest BCUT2D eigenvalue weighted by Gasteiger charge is 2.03. The second-order valence-electron chi connectivity index (χ2n) is 2.51. The van der Waals surface area contributed by atoms with Crippen molar-refractivity contribution in [1.29, 1.82) is 0 Å². The van der Waals surface area contributed by atoms with Crippen molar-refractivity contribution < 1.29 is 4.74 Å². The number of para-hydroxylation sites is 1. The minimum absolute atomic E-state index is 0.573. The van der Waals surface area contributed by atoms with Crippen LogP contribution in [-0.4, -0.2) is 6.61 Å². The predicted octanol–water partition coefficient (Wildman–Crippen LogP) is 2.71. The second kappa shape index (κ2) is 4.21. The summed E-state index contributed by atoms with van der Waals surface area (Å²) in [6.07, 6.45) is 0.949. The van der Waals surface area contributed by atoms with Crippen LogP contribution in [0.3, 0.4) is 0 Å². The van der Waals surface area contributed by atoms with Crippen LogP contribution >= 0.6 is 11.6 Å². The smallest absolute Gasteiger partial charge is 0.160 e. The van der Waals surface area contributed by atoms with Gasteiger partial charge in [0.2, 0.25) is 0 Å². The van der Waals surface area contributed by atoms with E-state index in [0.717, 1.165) is 6.42 Å². The van der Waals surface area contributed by atoms with Crippen LogP contribution in [0.5, 0.6) is 5.75 Å². The molecular weight excluding hydrogens is 174 g/mol. The Balaban J connectivity index is 2.81. The Morgan fingerprint density at radius 1 is 1.50 bits per heavy atom. The normalized spacial score (nSPS) is 9.83. The van der Waals surface area contributed by atoms with Crippen LogP contribution in [0.2, 0.25) is 5.02 Å². The number of nitrogen functional groups attached to an aromatic ring is 1. The van der Waals surface area contributed by atoms with Crippen molar-refractivity contribution in [1.82, 2.24) is 0 Å². The largest absolute Gasteiger partial charge is 0.490 e. The molecule has 0 saturated carbocycles. The monoisotopic (exact) mass is 185 g/mol. The van der Waals surface area contributed by atoms with Gasteiger partial charge in [-0.3, -0.25) is 0 Å². The van der Waals surface area contributed by atoms with Crippen molar-refractivity contribution >= 4 is 17.3 Å².